The molecule has 1 heterocycles. The molecule has 1 aromatic heterocycles. The van der Waals surface area contributed by atoms with Crippen LogP contribution in [0.1, 0.15) is 6.92 Å². The van der Waals surface area contributed by atoms with E-state index in [0.717, 1.165) is 12.1 Å². The van der Waals surface area contributed by atoms with E-state index in [1.807, 2.05) is 25.1 Å². The van der Waals surface area contributed by atoms with E-state index in [1.165, 1.54) is 0 Å². The maximum absolute atomic E-state index is 11.8. The molecule has 1 unspecified atom stereocenters. The van der Waals surface area contributed by atoms with Crippen LogP contribution in [0.2, 0.25) is 0 Å². The van der Waals surface area contributed by atoms with Gasteiger partial charge >= 0.3 is 5.76 Å². The second-order valence-electron chi connectivity index (χ2n) is 4.16. The molecular weight excluding hydrogens is 232 g/mol. The first-order valence-corrected chi connectivity index (χ1v) is 6.07. The average Bonchev–Trinajstić information content (AvgIpc) is 2.67. The van der Waals surface area contributed by atoms with Gasteiger partial charge in [-0.3, -0.25) is 4.57 Å². The summed E-state index contributed by atoms with van der Waals surface area (Å²) in [6.45, 7) is 3.95. The Balaban J connectivity index is 2.29. The summed E-state index contributed by atoms with van der Waals surface area (Å²) in [5, 5.41) is 3.29. The molecule has 0 aliphatic rings. The number of para-hydroxylation sites is 2. The molecule has 1 N–H and O–H groups in total. The van der Waals surface area contributed by atoms with Gasteiger partial charge in [-0.2, -0.15) is 0 Å². The van der Waals surface area contributed by atoms with E-state index in [9.17, 15) is 4.79 Å². The molecule has 98 valence electrons. The van der Waals surface area contributed by atoms with Crippen LogP contribution >= 0.6 is 0 Å². The van der Waals surface area contributed by atoms with Crippen LogP contribution in [0, 0.1) is 0 Å². The van der Waals surface area contributed by atoms with Crippen molar-refractivity contribution in [2.75, 3.05) is 20.3 Å². The third-order valence-corrected chi connectivity index (χ3v) is 2.84. The van der Waals surface area contributed by atoms with Gasteiger partial charge in [0.05, 0.1) is 12.1 Å². The molecule has 5 nitrogen and oxygen atoms in total. The van der Waals surface area contributed by atoms with Gasteiger partial charge in [-0.25, -0.2) is 4.79 Å². The highest BCUT2D eigenvalue weighted by atomic mass is 16.5. The molecule has 2 rings (SSSR count). The van der Waals surface area contributed by atoms with E-state index in [4.69, 9.17) is 9.15 Å². The average molecular weight is 250 g/mol. The highest BCUT2D eigenvalue weighted by Gasteiger charge is 2.14. The lowest BCUT2D eigenvalue weighted by molar-refractivity contribution is 0.159. The fraction of sp³-hybridized carbons (Fsp3) is 0.462. The third kappa shape index (κ3) is 2.63. The van der Waals surface area contributed by atoms with Crippen molar-refractivity contribution in [3.05, 3.63) is 34.8 Å². The predicted molar refractivity (Wildman–Crippen MR) is 69.8 cm³/mol. The van der Waals surface area contributed by atoms with Crippen LogP contribution in [-0.4, -0.2) is 30.9 Å². The second kappa shape index (κ2) is 5.84. The number of oxazole rings is 1. The monoisotopic (exact) mass is 250 g/mol. The molecule has 0 bridgehead atoms. The van der Waals surface area contributed by atoms with E-state index in [-0.39, 0.29) is 11.8 Å². The topological polar surface area (TPSA) is 56.4 Å². The Hall–Kier alpha value is -1.59. The zero-order valence-electron chi connectivity index (χ0n) is 10.7. The maximum Gasteiger partial charge on any atom is 0.420 e. The lowest BCUT2D eigenvalue weighted by Gasteiger charge is -2.16. The Morgan fingerprint density at radius 3 is 2.94 bits per heavy atom. The molecule has 18 heavy (non-hydrogen) atoms. The van der Waals surface area contributed by atoms with E-state index in [0.29, 0.717) is 18.7 Å². The number of fused-ring (bicyclic) bond motifs is 1. The molecule has 0 saturated carbocycles. The summed E-state index contributed by atoms with van der Waals surface area (Å²) in [5.74, 6) is -0.324. The molecule has 1 aromatic carbocycles. The summed E-state index contributed by atoms with van der Waals surface area (Å²) < 4.78 is 12.0. The van der Waals surface area contributed by atoms with E-state index < -0.39 is 0 Å². The molecule has 1 atom stereocenters. The van der Waals surface area contributed by atoms with Gasteiger partial charge in [0.2, 0.25) is 0 Å². The fourth-order valence-corrected chi connectivity index (χ4v) is 2.07. The number of benzene rings is 1. The van der Waals surface area contributed by atoms with Crippen molar-refractivity contribution in [2.45, 2.75) is 19.5 Å². The molecule has 0 saturated heterocycles. The summed E-state index contributed by atoms with van der Waals surface area (Å²) in [5.41, 5.74) is 1.44. The van der Waals surface area contributed by atoms with Gasteiger partial charge in [0, 0.05) is 19.7 Å². The first-order chi connectivity index (χ1) is 8.76. The summed E-state index contributed by atoms with van der Waals surface area (Å²) in [6.07, 6.45) is 0. The number of nitrogens with zero attached hydrogens (tertiary/aromatic N) is 1. The Bertz CT molecular complexity index is 553. The molecule has 0 radical (unpaired) electrons. The molecule has 0 aliphatic carbocycles. The van der Waals surface area contributed by atoms with Gasteiger partial charge in [0.15, 0.2) is 5.58 Å². The first-order valence-electron chi connectivity index (χ1n) is 6.07. The van der Waals surface area contributed by atoms with Gasteiger partial charge in [0.1, 0.15) is 0 Å². The SMILES string of the molecule is CCNC(COC)Cn1c(=O)oc2ccccc21. The van der Waals surface area contributed by atoms with Crippen LogP contribution in [0.3, 0.4) is 0 Å². The van der Waals surface area contributed by atoms with Crippen LogP contribution in [-0.2, 0) is 11.3 Å². The van der Waals surface area contributed by atoms with Crippen LogP contribution < -0.4 is 11.1 Å². The van der Waals surface area contributed by atoms with Gasteiger partial charge in [0.25, 0.3) is 0 Å². The Kier molecular flexibility index (Phi) is 4.17. The number of rotatable bonds is 6. The van der Waals surface area contributed by atoms with Crippen molar-refractivity contribution in [1.29, 1.82) is 0 Å². The van der Waals surface area contributed by atoms with Gasteiger partial charge in [-0.1, -0.05) is 19.1 Å². The zero-order valence-corrected chi connectivity index (χ0v) is 10.7. The van der Waals surface area contributed by atoms with E-state index >= 15 is 0 Å². The zero-order chi connectivity index (χ0) is 13.0. The van der Waals surface area contributed by atoms with Gasteiger partial charge < -0.3 is 14.5 Å². The summed E-state index contributed by atoms with van der Waals surface area (Å²) in [7, 11) is 1.65. The molecule has 5 heteroatoms. The highest BCUT2D eigenvalue weighted by Crippen LogP contribution is 2.12. The van der Waals surface area contributed by atoms with Crippen molar-refractivity contribution >= 4 is 11.1 Å². The number of hydrogen-bond acceptors (Lipinski definition) is 4. The van der Waals surface area contributed by atoms with Crippen LogP contribution in [0.4, 0.5) is 0 Å². The Morgan fingerprint density at radius 1 is 1.44 bits per heavy atom. The fourth-order valence-electron chi connectivity index (χ4n) is 2.07. The smallest absolute Gasteiger partial charge is 0.408 e. The van der Waals surface area contributed by atoms with Crippen molar-refractivity contribution in [2.24, 2.45) is 0 Å². The number of likely N-dealkylation sites (N-methyl/N-ethyl adjacent to an activating group) is 1. The number of aromatic nitrogens is 1. The van der Waals surface area contributed by atoms with Crippen molar-refractivity contribution < 1.29 is 9.15 Å². The van der Waals surface area contributed by atoms with Crippen molar-refractivity contribution in [1.82, 2.24) is 9.88 Å². The summed E-state index contributed by atoms with van der Waals surface area (Å²) in [4.78, 5) is 11.8. The van der Waals surface area contributed by atoms with Crippen LogP contribution in [0.15, 0.2) is 33.5 Å². The van der Waals surface area contributed by atoms with E-state index in [1.54, 1.807) is 17.7 Å². The minimum Gasteiger partial charge on any atom is -0.408 e. The minimum atomic E-state index is -0.324. The highest BCUT2D eigenvalue weighted by molar-refractivity contribution is 5.72. The molecule has 0 spiro atoms. The molecule has 0 amide bonds. The van der Waals surface area contributed by atoms with E-state index in [2.05, 4.69) is 5.32 Å². The maximum atomic E-state index is 11.8. The lowest BCUT2D eigenvalue weighted by atomic mass is 10.3. The number of nitrogens with one attached hydrogen (secondary N) is 1. The number of hydrogen-bond donors (Lipinski definition) is 1. The lowest BCUT2D eigenvalue weighted by Crippen LogP contribution is -2.38. The van der Waals surface area contributed by atoms with Gasteiger partial charge in [-0.05, 0) is 18.7 Å². The molecular formula is C13H18N2O3. The Labute approximate surface area is 105 Å². The van der Waals surface area contributed by atoms with Crippen molar-refractivity contribution in [3.63, 3.8) is 0 Å². The molecule has 0 fully saturated rings. The second-order valence-corrected chi connectivity index (χ2v) is 4.16. The van der Waals surface area contributed by atoms with Gasteiger partial charge in [-0.15, -0.1) is 0 Å². The number of ether oxygens (including phenoxy) is 1. The first kappa shape index (κ1) is 12.9. The van der Waals surface area contributed by atoms with Crippen LogP contribution in [0.25, 0.3) is 11.1 Å². The predicted octanol–water partition coefficient (Wildman–Crippen LogP) is 1.22. The minimum absolute atomic E-state index is 0.0960. The number of methoxy groups -OCH3 is 1. The Morgan fingerprint density at radius 2 is 2.22 bits per heavy atom. The standard InChI is InChI=1S/C13H18N2O3/c1-3-14-10(9-17-2)8-15-11-6-4-5-7-12(11)18-13(15)16/h4-7,10,14H,3,8-9H2,1-2H3. The third-order valence-electron chi connectivity index (χ3n) is 2.84. The van der Waals surface area contributed by atoms with Crippen LogP contribution in [0.5, 0.6) is 0 Å². The summed E-state index contributed by atoms with van der Waals surface area (Å²) >= 11 is 0. The van der Waals surface area contributed by atoms with Crippen molar-refractivity contribution in [3.8, 4) is 0 Å². The largest absolute Gasteiger partial charge is 0.420 e. The molecule has 0 aliphatic heterocycles. The molecule has 2 aromatic rings. The summed E-state index contributed by atoms with van der Waals surface area (Å²) in [6, 6.07) is 7.53. The normalized spacial score (nSPS) is 13.0. The quantitative estimate of drug-likeness (QED) is 0.837.